The number of hydrogen-bond donors (Lipinski definition) is 1. The number of nitrogens with zero attached hydrogens (tertiary/aromatic N) is 1. The summed E-state index contributed by atoms with van der Waals surface area (Å²) in [7, 11) is 7.81. The number of likely N-dealkylation sites (N-methyl/N-ethyl adjacent to an activating group) is 1. The highest BCUT2D eigenvalue weighted by Crippen LogP contribution is 2.53. The lowest BCUT2D eigenvalue weighted by atomic mass is 10.1. The number of carbonyl (C=O) groups is 1. The van der Waals surface area contributed by atoms with Crippen LogP contribution in [0.4, 0.5) is 0 Å². The Kier molecular flexibility index (Phi) is 23.0. The summed E-state index contributed by atoms with van der Waals surface area (Å²) < 4.78 is 22.8. The summed E-state index contributed by atoms with van der Waals surface area (Å²) in [5.41, 5.74) is -2.65. The molecule has 0 saturated carbocycles. The number of allylic oxidation sites excluding steroid dienone is 2. The molecule has 9 heteroatoms. The molecule has 0 aliphatic rings. The fourth-order valence-electron chi connectivity index (χ4n) is 3.43. The quantitative estimate of drug-likeness (QED) is 0.0308. The van der Waals surface area contributed by atoms with Crippen molar-refractivity contribution >= 4 is 35.7 Å². The monoisotopic (exact) mass is 568 g/mol. The van der Waals surface area contributed by atoms with Gasteiger partial charge in [-0.1, -0.05) is 82.7 Å². The Morgan fingerprint density at radius 3 is 2.00 bits per heavy atom. The average molecular weight is 569 g/mol. The average Bonchev–Trinajstić information content (AvgIpc) is 2.80. The number of carbonyl (C=O) groups excluding carboxylic acids is 1. The predicted molar refractivity (Wildman–Crippen MR) is 159 cm³/mol. The van der Waals surface area contributed by atoms with Crippen LogP contribution in [0, 0.1) is 0 Å². The molecule has 0 aliphatic heterocycles. The minimum atomic E-state index is -2.65. The minimum Gasteiger partial charge on any atom is -0.463 e. The molecule has 0 spiro atoms. The third-order valence-corrected chi connectivity index (χ3v) is 8.16. The number of thiol groups is 1. The molecular weight excluding hydrogens is 513 g/mol. The van der Waals surface area contributed by atoms with Gasteiger partial charge in [0.2, 0.25) is 5.69 Å². The van der Waals surface area contributed by atoms with Crippen molar-refractivity contribution in [1.82, 2.24) is 0 Å². The van der Waals surface area contributed by atoms with E-state index in [-0.39, 0.29) is 25.3 Å². The molecule has 0 saturated heterocycles. The van der Waals surface area contributed by atoms with E-state index in [1.165, 1.54) is 64.2 Å². The molecule has 0 aromatic rings. The summed E-state index contributed by atoms with van der Waals surface area (Å²) in [4.78, 5) is 12.1. The maximum atomic E-state index is 12.1. The zero-order valence-corrected chi connectivity index (χ0v) is 26.4. The topological polar surface area (TPSA) is 54.0 Å². The molecule has 1 unspecified atom stereocenters. The van der Waals surface area contributed by atoms with Crippen molar-refractivity contribution < 1.29 is 27.8 Å². The molecule has 36 heavy (non-hydrogen) atoms. The fraction of sp³-hybridized carbons (Fsp3) is 0.889. The lowest BCUT2D eigenvalue weighted by Crippen LogP contribution is -2.37. The number of methoxy groups -OCH3 is 1. The molecule has 0 aromatic carbocycles. The molecule has 0 aromatic heterocycles. The summed E-state index contributed by atoms with van der Waals surface area (Å²) in [5, 5.41) is 0. The zero-order valence-electron chi connectivity index (χ0n) is 23.8. The van der Waals surface area contributed by atoms with E-state index in [2.05, 4.69) is 52.5 Å². The Morgan fingerprint density at radius 1 is 0.889 bits per heavy atom. The van der Waals surface area contributed by atoms with Gasteiger partial charge in [0.25, 0.3) is 0 Å². The predicted octanol–water partition coefficient (Wildman–Crippen LogP) is 7.48. The molecule has 0 heterocycles. The van der Waals surface area contributed by atoms with Crippen LogP contribution in [0.25, 0.3) is 0 Å². The van der Waals surface area contributed by atoms with Crippen molar-refractivity contribution in [2.45, 2.75) is 103 Å². The normalized spacial score (nSPS) is 14.7. The van der Waals surface area contributed by atoms with Crippen LogP contribution in [0.2, 0.25) is 0 Å². The van der Waals surface area contributed by atoms with E-state index < -0.39 is 5.69 Å². The molecule has 6 nitrogen and oxygen atoms in total. The number of hydrogen-bond acceptors (Lipinski definition) is 6. The van der Waals surface area contributed by atoms with Crippen molar-refractivity contribution in [3.05, 3.63) is 12.2 Å². The summed E-state index contributed by atoms with van der Waals surface area (Å²) in [5.74, 6) is -0.195. The van der Waals surface area contributed by atoms with E-state index in [4.69, 9.17) is 30.3 Å². The van der Waals surface area contributed by atoms with Gasteiger partial charge in [-0.15, -0.1) is 0 Å². The van der Waals surface area contributed by atoms with Crippen molar-refractivity contribution in [3.8, 4) is 0 Å². The largest absolute Gasteiger partial charge is 0.463 e. The summed E-state index contributed by atoms with van der Waals surface area (Å²) in [6.45, 7) is 3.87. The van der Waals surface area contributed by atoms with Crippen LogP contribution in [0.1, 0.15) is 96.8 Å². The SMILES string of the molecule is CCCCCCCC/C=C\CCCCCCCC(=O)OC[C@H](COP(=S)(S)OCC[N+](C)(C)C)OC. The lowest BCUT2D eigenvalue weighted by Gasteiger charge is -2.25. The molecule has 0 rings (SSSR count). The molecule has 0 radical (unpaired) electrons. The first-order chi connectivity index (χ1) is 17.1. The van der Waals surface area contributed by atoms with Crippen LogP contribution in [-0.4, -0.2) is 71.2 Å². The molecule has 0 fully saturated rings. The maximum Gasteiger partial charge on any atom is 0.305 e. The highest BCUT2D eigenvalue weighted by Gasteiger charge is 2.20. The molecule has 0 amide bonds. The smallest absolute Gasteiger partial charge is 0.305 e. The van der Waals surface area contributed by atoms with Gasteiger partial charge in [-0.05, 0) is 43.9 Å². The van der Waals surface area contributed by atoms with Crippen LogP contribution < -0.4 is 0 Å². The standard InChI is InChI=1S/C27H54NO5PS2/c1-6-7-8-9-10-11-12-13-14-15-16-17-18-19-20-21-27(29)31-24-26(30-5)25-33-34(35,36)32-23-22-28(2,3)4/h13-14,26H,6-12,15-25H2,1-5H3/p+1/b14-13-/t26-/m1/s1. The van der Waals surface area contributed by atoms with E-state index >= 15 is 0 Å². The Bertz CT molecular complexity index is 613. The number of unbranched alkanes of at least 4 members (excludes halogenated alkanes) is 11. The van der Waals surface area contributed by atoms with Crippen LogP contribution in [0.15, 0.2) is 12.2 Å². The van der Waals surface area contributed by atoms with E-state index in [1.54, 1.807) is 7.11 Å². The number of quaternary nitrogens is 1. The van der Waals surface area contributed by atoms with Gasteiger partial charge in [0, 0.05) is 13.5 Å². The fourth-order valence-corrected chi connectivity index (χ4v) is 5.02. The van der Waals surface area contributed by atoms with Crippen LogP contribution in [-0.2, 0) is 35.1 Å². The molecule has 0 aliphatic carbocycles. The Balaban J connectivity index is 3.71. The molecule has 0 bridgehead atoms. The van der Waals surface area contributed by atoms with Crippen LogP contribution >= 0.6 is 17.9 Å². The highest BCUT2D eigenvalue weighted by molar-refractivity contribution is 8.60. The summed E-state index contributed by atoms with van der Waals surface area (Å²) in [6, 6.07) is 0. The number of rotatable bonds is 25. The van der Waals surface area contributed by atoms with Gasteiger partial charge in [0.1, 0.15) is 25.9 Å². The first kappa shape index (κ1) is 36.0. The zero-order chi connectivity index (χ0) is 27.1. The summed E-state index contributed by atoms with van der Waals surface area (Å²) in [6.07, 6.45) is 20.8. The second-order valence-electron chi connectivity index (χ2n) is 10.5. The third kappa shape index (κ3) is 25.7. The Labute approximate surface area is 232 Å². The van der Waals surface area contributed by atoms with E-state index in [0.29, 0.717) is 13.0 Å². The molecule has 0 N–H and O–H groups in total. The molecule has 214 valence electrons. The number of ether oxygens (including phenoxy) is 2. The van der Waals surface area contributed by atoms with Gasteiger partial charge >= 0.3 is 5.97 Å². The van der Waals surface area contributed by atoms with Crippen molar-refractivity contribution in [2.75, 3.05) is 54.6 Å². The van der Waals surface area contributed by atoms with Crippen LogP contribution in [0.5, 0.6) is 0 Å². The van der Waals surface area contributed by atoms with Crippen molar-refractivity contribution in [1.29, 1.82) is 0 Å². The van der Waals surface area contributed by atoms with Crippen LogP contribution in [0.3, 0.4) is 0 Å². The minimum absolute atomic E-state index is 0.141. The molecular formula is C27H55NO5PS2+. The third-order valence-electron chi connectivity index (χ3n) is 5.85. The van der Waals surface area contributed by atoms with Gasteiger partial charge in [0.15, 0.2) is 0 Å². The second-order valence-corrected chi connectivity index (χ2v) is 15.8. The van der Waals surface area contributed by atoms with E-state index in [0.717, 1.165) is 30.3 Å². The second kappa shape index (κ2) is 23.0. The van der Waals surface area contributed by atoms with Gasteiger partial charge < -0.3 is 23.0 Å². The highest BCUT2D eigenvalue weighted by atomic mass is 32.9. The first-order valence-electron chi connectivity index (χ1n) is 13.9. The lowest BCUT2D eigenvalue weighted by molar-refractivity contribution is -0.870. The number of esters is 1. The summed E-state index contributed by atoms with van der Waals surface area (Å²) >= 11 is 9.70. The van der Waals surface area contributed by atoms with Gasteiger partial charge in [-0.2, -0.15) is 0 Å². The van der Waals surface area contributed by atoms with Crippen molar-refractivity contribution in [3.63, 3.8) is 0 Å². The van der Waals surface area contributed by atoms with Gasteiger partial charge in [0.05, 0.1) is 27.7 Å². The Hall–Kier alpha value is 0.0500. The Morgan fingerprint density at radius 2 is 1.44 bits per heavy atom. The maximum absolute atomic E-state index is 12.1. The molecule has 2 atom stereocenters. The van der Waals surface area contributed by atoms with Crippen molar-refractivity contribution in [2.24, 2.45) is 0 Å². The first-order valence-corrected chi connectivity index (χ1v) is 17.6. The van der Waals surface area contributed by atoms with Gasteiger partial charge in [-0.3, -0.25) is 4.79 Å². The van der Waals surface area contributed by atoms with Gasteiger partial charge in [-0.25, -0.2) is 0 Å². The van der Waals surface area contributed by atoms with E-state index in [9.17, 15) is 4.79 Å². The van der Waals surface area contributed by atoms with E-state index in [1.807, 2.05) is 0 Å².